The van der Waals surface area contributed by atoms with E-state index in [1.54, 1.807) is 0 Å². The summed E-state index contributed by atoms with van der Waals surface area (Å²) in [6, 6.07) is 0. The standard InChI is InChI=1S/C30H52O26/c31-1-7(37)13(39)23(8(38)2-32)53-28-20(46)25(16(42)10(4-34)50-28)55-30-22(48)26(17(43)12(6-36)52-30)56-29-21(47)24(15(41)11(5-35)51-29)54-27-19(45)18(44)14(40)9(3-33)49-27/h2,7-31,33-48H,1,3-6H2/t7-,8+,9-,10-,11-,12-,13-,14-,15-,16-,17-,18+,19-,20-,21-,22-,23-,24+,25+,26+,27+,28+,29+,30+/m1/s1. The first-order valence-corrected chi connectivity index (χ1v) is 17.4. The zero-order valence-electron chi connectivity index (χ0n) is 29.2. The molecule has 0 unspecified atom stereocenters. The zero-order valence-corrected chi connectivity index (χ0v) is 29.2. The summed E-state index contributed by atoms with van der Waals surface area (Å²) in [5.41, 5.74) is 0. The van der Waals surface area contributed by atoms with Crippen LogP contribution in [-0.4, -0.2) is 273 Å². The summed E-state index contributed by atoms with van der Waals surface area (Å²) in [5.74, 6) is 0. The Morgan fingerprint density at radius 3 is 1.16 bits per heavy atom. The summed E-state index contributed by atoms with van der Waals surface area (Å²) in [5, 5.41) is 176. The average molecular weight is 829 g/mol. The van der Waals surface area contributed by atoms with Gasteiger partial charge < -0.3 is 130 Å². The topological polar surface area (TPSA) is 435 Å². The Morgan fingerprint density at radius 2 is 0.804 bits per heavy atom. The molecule has 56 heavy (non-hydrogen) atoms. The number of aldehydes is 1. The van der Waals surface area contributed by atoms with Crippen LogP contribution in [0.1, 0.15) is 0 Å². The van der Waals surface area contributed by atoms with Gasteiger partial charge in [0.25, 0.3) is 0 Å². The van der Waals surface area contributed by atoms with Crippen LogP contribution in [0.3, 0.4) is 0 Å². The predicted octanol–water partition coefficient (Wildman–Crippen LogP) is -12.1. The fourth-order valence-corrected chi connectivity index (χ4v) is 6.55. The molecule has 0 aromatic rings. The Balaban J connectivity index is 1.56. The second-order valence-electron chi connectivity index (χ2n) is 13.6. The van der Waals surface area contributed by atoms with E-state index in [4.69, 9.17) is 37.9 Å². The third kappa shape index (κ3) is 9.99. The maximum absolute atomic E-state index is 11.3. The highest BCUT2D eigenvalue weighted by Gasteiger charge is 2.56. The van der Waals surface area contributed by atoms with Crippen molar-refractivity contribution in [3.8, 4) is 0 Å². The molecule has 0 aromatic heterocycles. The Bertz CT molecular complexity index is 1190. The molecular weight excluding hydrogens is 776 g/mol. The van der Waals surface area contributed by atoms with Crippen LogP contribution < -0.4 is 0 Å². The van der Waals surface area contributed by atoms with E-state index in [1.165, 1.54) is 0 Å². The van der Waals surface area contributed by atoms with E-state index >= 15 is 0 Å². The maximum atomic E-state index is 11.3. The van der Waals surface area contributed by atoms with Crippen LogP contribution in [0.4, 0.5) is 0 Å². The van der Waals surface area contributed by atoms with Crippen molar-refractivity contribution in [3.05, 3.63) is 0 Å². The molecule has 4 aliphatic rings. The van der Waals surface area contributed by atoms with Crippen molar-refractivity contribution in [2.45, 2.75) is 147 Å². The number of ether oxygens (including phenoxy) is 8. The molecule has 17 N–H and O–H groups in total. The third-order valence-corrected chi connectivity index (χ3v) is 9.87. The quantitative estimate of drug-likeness (QED) is 0.0605. The van der Waals surface area contributed by atoms with Crippen LogP contribution in [0.5, 0.6) is 0 Å². The lowest BCUT2D eigenvalue weighted by molar-refractivity contribution is -0.392. The number of hydrogen-bond acceptors (Lipinski definition) is 26. The Hall–Kier alpha value is -1.33. The van der Waals surface area contributed by atoms with Crippen molar-refractivity contribution in [1.29, 1.82) is 0 Å². The van der Waals surface area contributed by atoms with Gasteiger partial charge >= 0.3 is 0 Å². The molecule has 4 saturated heterocycles. The van der Waals surface area contributed by atoms with Gasteiger partial charge in [-0.25, -0.2) is 0 Å². The van der Waals surface area contributed by atoms with Crippen LogP contribution in [-0.2, 0) is 42.7 Å². The highest BCUT2D eigenvalue weighted by atomic mass is 16.8. The van der Waals surface area contributed by atoms with Gasteiger partial charge in [0.15, 0.2) is 31.4 Å². The van der Waals surface area contributed by atoms with Gasteiger partial charge in [-0.15, -0.1) is 0 Å². The van der Waals surface area contributed by atoms with Gasteiger partial charge in [-0.3, -0.25) is 0 Å². The zero-order chi connectivity index (χ0) is 41.8. The van der Waals surface area contributed by atoms with Crippen LogP contribution in [0.15, 0.2) is 0 Å². The van der Waals surface area contributed by atoms with E-state index < -0.39 is 180 Å². The number of carbonyl (C=O) groups excluding carboxylic acids is 1. The maximum Gasteiger partial charge on any atom is 0.187 e. The Labute approximate surface area is 316 Å². The minimum atomic E-state index is -2.21. The summed E-state index contributed by atoms with van der Waals surface area (Å²) < 4.78 is 43.6. The molecule has 4 heterocycles. The van der Waals surface area contributed by atoms with Crippen molar-refractivity contribution in [3.63, 3.8) is 0 Å². The number of carbonyl (C=O) groups is 1. The molecule has 4 aliphatic heterocycles. The van der Waals surface area contributed by atoms with Gasteiger partial charge in [0.2, 0.25) is 0 Å². The second-order valence-corrected chi connectivity index (χ2v) is 13.6. The predicted molar refractivity (Wildman–Crippen MR) is 168 cm³/mol. The lowest BCUT2D eigenvalue weighted by Gasteiger charge is -2.49. The Kier molecular flexibility index (Phi) is 17.6. The van der Waals surface area contributed by atoms with Crippen LogP contribution in [0, 0.1) is 0 Å². The van der Waals surface area contributed by atoms with Crippen LogP contribution in [0.25, 0.3) is 0 Å². The monoisotopic (exact) mass is 828 g/mol. The van der Waals surface area contributed by atoms with Crippen molar-refractivity contribution in [2.75, 3.05) is 33.0 Å². The number of rotatable bonds is 17. The molecule has 0 spiro atoms. The number of aliphatic hydroxyl groups is 17. The van der Waals surface area contributed by atoms with Crippen molar-refractivity contribution >= 4 is 6.29 Å². The van der Waals surface area contributed by atoms with E-state index in [0.29, 0.717) is 0 Å². The van der Waals surface area contributed by atoms with Crippen LogP contribution >= 0.6 is 0 Å². The van der Waals surface area contributed by atoms with Gasteiger partial charge in [-0.05, 0) is 0 Å². The van der Waals surface area contributed by atoms with E-state index in [0.717, 1.165) is 0 Å². The molecule has 0 radical (unpaired) electrons. The van der Waals surface area contributed by atoms with Crippen LogP contribution in [0.2, 0.25) is 0 Å². The summed E-state index contributed by atoms with van der Waals surface area (Å²) in [6.45, 7) is -4.92. The minimum Gasteiger partial charge on any atom is -0.394 e. The third-order valence-electron chi connectivity index (χ3n) is 9.87. The van der Waals surface area contributed by atoms with Crippen molar-refractivity contribution in [1.82, 2.24) is 0 Å². The minimum absolute atomic E-state index is 0.119. The molecule has 0 amide bonds. The van der Waals surface area contributed by atoms with Gasteiger partial charge in [0.1, 0.15) is 122 Å². The molecule has 4 rings (SSSR count). The van der Waals surface area contributed by atoms with Gasteiger partial charge in [-0.2, -0.15) is 0 Å². The Morgan fingerprint density at radius 1 is 0.464 bits per heavy atom. The first kappa shape index (κ1) is 47.3. The highest BCUT2D eigenvalue weighted by molar-refractivity contribution is 5.56. The van der Waals surface area contributed by atoms with Crippen molar-refractivity contribution in [2.24, 2.45) is 0 Å². The molecule has 26 nitrogen and oxygen atoms in total. The summed E-state index contributed by atoms with van der Waals surface area (Å²) in [7, 11) is 0. The SMILES string of the molecule is O=C[C@H](O)[C@@H](O[C@@H]1O[C@H](CO)[C@@H](O)[C@H](O[C@@H]2O[C@H](CO)[C@@H](O)[C@H](O[C@@H]3O[C@H](CO)[C@@H](O)[C@H](O[C@@H]4O[C@H](CO)[C@@H](O)[C@H](O)[C@H]4O)[C@H]3O)[C@H]2O)[C@H]1O)[C@H](O)[C@H](O)CO. The average Bonchev–Trinajstić information content (AvgIpc) is 3.19. The summed E-state index contributed by atoms with van der Waals surface area (Å²) in [6.07, 6.45) is -47.4. The first-order chi connectivity index (χ1) is 26.5. The summed E-state index contributed by atoms with van der Waals surface area (Å²) >= 11 is 0. The number of aliphatic hydroxyl groups excluding tert-OH is 17. The van der Waals surface area contributed by atoms with Gasteiger partial charge in [0.05, 0.1) is 33.0 Å². The molecule has 0 saturated carbocycles. The summed E-state index contributed by atoms with van der Waals surface area (Å²) in [4.78, 5) is 11.3. The molecule has 0 aromatic carbocycles. The van der Waals surface area contributed by atoms with Gasteiger partial charge in [0, 0.05) is 0 Å². The normalized spacial score (nSPS) is 47.2. The molecule has 4 fully saturated rings. The second kappa shape index (κ2) is 20.8. The molecule has 0 aliphatic carbocycles. The van der Waals surface area contributed by atoms with E-state index in [9.17, 15) is 91.6 Å². The fraction of sp³-hybridized carbons (Fsp3) is 0.967. The molecule has 328 valence electrons. The van der Waals surface area contributed by atoms with E-state index in [2.05, 4.69) is 0 Å². The van der Waals surface area contributed by atoms with E-state index in [1.807, 2.05) is 0 Å². The van der Waals surface area contributed by atoms with E-state index in [-0.39, 0.29) is 6.29 Å². The highest BCUT2D eigenvalue weighted by Crippen LogP contribution is 2.35. The molecule has 24 atom stereocenters. The first-order valence-electron chi connectivity index (χ1n) is 17.4. The largest absolute Gasteiger partial charge is 0.394 e. The lowest BCUT2D eigenvalue weighted by Crippen LogP contribution is -2.68. The fourth-order valence-electron chi connectivity index (χ4n) is 6.55. The smallest absolute Gasteiger partial charge is 0.187 e. The number of hydrogen-bond donors (Lipinski definition) is 17. The lowest BCUT2D eigenvalue weighted by atomic mass is 9.95. The molecular formula is C30H52O26. The van der Waals surface area contributed by atoms with Gasteiger partial charge in [-0.1, -0.05) is 0 Å². The molecule has 26 heteroatoms. The van der Waals surface area contributed by atoms with Crippen molar-refractivity contribution < 1.29 is 130 Å². The molecule has 0 bridgehead atoms.